The number of carbonyl (C=O) groups excluding carboxylic acids is 1. The lowest BCUT2D eigenvalue weighted by molar-refractivity contribution is -0.122. The van der Waals surface area contributed by atoms with Gasteiger partial charge in [-0.05, 0) is 74.6 Å². The zero-order valence-corrected chi connectivity index (χ0v) is 21.3. The van der Waals surface area contributed by atoms with Crippen molar-refractivity contribution in [3.8, 4) is 6.07 Å². The van der Waals surface area contributed by atoms with Crippen LogP contribution < -0.4 is 10.6 Å². The third kappa shape index (κ3) is 9.27. The van der Waals surface area contributed by atoms with Gasteiger partial charge in [0, 0.05) is 12.2 Å². The summed E-state index contributed by atoms with van der Waals surface area (Å²) in [5.41, 5.74) is 3.35. The van der Waals surface area contributed by atoms with Gasteiger partial charge in [0.15, 0.2) is 0 Å². The summed E-state index contributed by atoms with van der Waals surface area (Å²) in [4.78, 5) is 13.3. The molecule has 0 radical (unpaired) electrons. The van der Waals surface area contributed by atoms with Gasteiger partial charge in [0.25, 0.3) is 0 Å². The Kier molecular flexibility index (Phi) is 12.1. The lowest BCUT2D eigenvalue weighted by atomic mass is 10.0. The lowest BCUT2D eigenvalue weighted by Gasteiger charge is -2.20. The highest BCUT2D eigenvalue weighted by Gasteiger charge is 2.20. The highest BCUT2D eigenvalue weighted by atomic mass is 16.5. The summed E-state index contributed by atoms with van der Waals surface area (Å²) in [6.45, 7) is 8.68. The first-order chi connectivity index (χ1) is 17.0. The molecule has 2 N–H and O–H groups in total. The summed E-state index contributed by atoms with van der Waals surface area (Å²) in [5.74, 6) is 0.657. The summed E-state index contributed by atoms with van der Waals surface area (Å²) >= 11 is 0. The molecule has 0 aliphatic rings. The van der Waals surface area contributed by atoms with Crippen molar-refractivity contribution in [1.82, 2.24) is 10.6 Å². The van der Waals surface area contributed by atoms with Crippen LogP contribution in [-0.4, -0.2) is 18.6 Å². The first kappa shape index (κ1) is 27.6. The molecular formula is C30H37N3O2. The molecule has 1 atom stereocenters. The number of nitrogens with one attached hydrogen (secondary N) is 2. The molecule has 5 nitrogen and oxygen atoms in total. The van der Waals surface area contributed by atoms with Crippen LogP contribution in [0, 0.1) is 11.3 Å². The minimum Gasteiger partial charge on any atom is -0.491 e. The Hall–Kier alpha value is -3.62. The van der Waals surface area contributed by atoms with Crippen LogP contribution in [0.4, 0.5) is 0 Å². The first-order valence-corrected chi connectivity index (χ1v) is 12.3. The van der Waals surface area contributed by atoms with Crippen LogP contribution in [0.1, 0.15) is 63.3 Å². The second-order valence-corrected chi connectivity index (χ2v) is 8.17. The van der Waals surface area contributed by atoms with E-state index in [1.165, 1.54) is 0 Å². The van der Waals surface area contributed by atoms with E-state index in [1.54, 1.807) is 0 Å². The maximum Gasteiger partial charge on any atom is 0.246 e. The number of hydrogen-bond acceptors (Lipinski definition) is 4. The topological polar surface area (TPSA) is 74.2 Å². The largest absolute Gasteiger partial charge is 0.491 e. The molecule has 0 bridgehead atoms. The lowest BCUT2D eigenvalue weighted by Crippen LogP contribution is -2.37. The Morgan fingerprint density at radius 2 is 1.69 bits per heavy atom. The Bertz CT molecular complexity index is 1040. The number of benzene rings is 2. The standard InChI is InChI=1S/C30H37N3O2/c1-5-26(18-19-28(8-4)35-27(6-2)7-3)33-30(34)29(25-12-10-9-11-13-25)32-21-20-23-14-16-24(22-31)17-15-23/h5,8-19,27,29,32H,6-7,20-21H2,1-4H3,(H,33,34)/b19-18-,26-5+,28-8+. The predicted molar refractivity (Wildman–Crippen MR) is 142 cm³/mol. The normalized spacial score (nSPS) is 13.0. The van der Waals surface area contributed by atoms with Gasteiger partial charge in [0.05, 0.1) is 17.7 Å². The minimum atomic E-state index is -0.500. The second-order valence-electron chi connectivity index (χ2n) is 8.17. The van der Waals surface area contributed by atoms with Gasteiger partial charge in [-0.15, -0.1) is 0 Å². The smallest absolute Gasteiger partial charge is 0.246 e. The average molecular weight is 472 g/mol. The number of amides is 1. The predicted octanol–water partition coefficient (Wildman–Crippen LogP) is 6.12. The van der Waals surface area contributed by atoms with E-state index in [2.05, 4.69) is 30.6 Å². The molecule has 0 saturated carbocycles. The molecule has 0 heterocycles. The zero-order valence-electron chi connectivity index (χ0n) is 21.3. The fourth-order valence-corrected chi connectivity index (χ4v) is 3.56. The van der Waals surface area contributed by atoms with Crippen molar-refractivity contribution in [3.63, 3.8) is 0 Å². The highest BCUT2D eigenvalue weighted by Crippen LogP contribution is 2.15. The van der Waals surface area contributed by atoms with E-state index in [0.29, 0.717) is 17.8 Å². The van der Waals surface area contributed by atoms with Gasteiger partial charge < -0.3 is 15.4 Å². The molecule has 2 aromatic rings. The zero-order chi connectivity index (χ0) is 25.5. The van der Waals surface area contributed by atoms with Crippen LogP contribution in [0.5, 0.6) is 0 Å². The van der Waals surface area contributed by atoms with Gasteiger partial charge >= 0.3 is 0 Å². The quantitative estimate of drug-likeness (QED) is 0.273. The van der Waals surface area contributed by atoms with Crippen molar-refractivity contribution in [2.45, 2.75) is 59.1 Å². The van der Waals surface area contributed by atoms with Gasteiger partial charge in [-0.2, -0.15) is 5.26 Å². The molecule has 0 fully saturated rings. The molecule has 184 valence electrons. The van der Waals surface area contributed by atoms with Gasteiger partial charge in [-0.1, -0.05) is 62.4 Å². The van der Waals surface area contributed by atoms with Gasteiger partial charge in [0.2, 0.25) is 5.91 Å². The number of ether oxygens (including phenoxy) is 1. The number of rotatable bonds is 13. The van der Waals surface area contributed by atoms with E-state index in [4.69, 9.17) is 10.00 Å². The molecule has 35 heavy (non-hydrogen) atoms. The maximum absolute atomic E-state index is 13.3. The monoisotopic (exact) mass is 471 g/mol. The SMILES string of the molecule is C\C=C(/C=C\C(=C/C)OC(CC)CC)NC(=O)C(NCCc1ccc(C#N)cc1)c1ccccc1. The van der Waals surface area contributed by atoms with Crippen molar-refractivity contribution in [2.24, 2.45) is 0 Å². The molecule has 5 heteroatoms. The van der Waals surface area contributed by atoms with Gasteiger partial charge in [-0.25, -0.2) is 0 Å². The highest BCUT2D eigenvalue weighted by molar-refractivity contribution is 5.85. The second kappa shape index (κ2) is 15.3. The Labute approximate surface area is 210 Å². The van der Waals surface area contributed by atoms with Crippen LogP contribution in [-0.2, 0) is 16.0 Å². The molecule has 2 rings (SSSR count). The van der Waals surface area contributed by atoms with E-state index in [1.807, 2.05) is 92.7 Å². The Balaban J connectivity index is 2.07. The summed E-state index contributed by atoms with van der Waals surface area (Å²) in [7, 11) is 0. The molecular weight excluding hydrogens is 434 g/mol. The van der Waals surface area contributed by atoms with E-state index < -0.39 is 6.04 Å². The van der Waals surface area contributed by atoms with Crippen molar-refractivity contribution in [2.75, 3.05) is 6.54 Å². The fraction of sp³-hybridized carbons (Fsp3) is 0.333. The van der Waals surface area contributed by atoms with Crippen LogP contribution in [0.3, 0.4) is 0 Å². The summed E-state index contributed by atoms with van der Waals surface area (Å²) in [5, 5.41) is 15.4. The molecule has 0 aliphatic heterocycles. The number of hydrogen-bond donors (Lipinski definition) is 2. The third-order valence-corrected chi connectivity index (χ3v) is 5.74. The summed E-state index contributed by atoms with van der Waals surface area (Å²) < 4.78 is 6.03. The van der Waals surface area contributed by atoms with Crippen LogP contribution in [0.2, 0.25) is 0 Å². The van der Waals surface area contributed by atoms with Gasteiger partial charge in [0.1, 0.15) is 11.8 Å². The third-order valence-electron chi connectivity index (χ3n) is 5.74. The number of carbonyl (C=O) groups is 1. The molecule has 0 aliphatic carbocycles. The van der Waals surface area contributed by atoms with Crippen molar-refractivity contribution < 1.29 is 9.53 Å². The number of allylic oxidation sites excluding steroid dienone is 4. The fourth-order valence-electron chi connectivity index (χ4n) is 3.56. The minimum absolute atomic E-state index is 0.128. The molecule has 1 amide bonds. The Morgan fingerprint density at radius 3 is 2.26 bits per heavy atom. The van der Waals surface area contributed by atoms with E-state index in [0.717, 1.165) is 36.1 Å². The molecule has 2 aromatic carbocycles. The van der Waals surface area contributed by atoms with E-state index in [-0.39, 0.29) is 12.0 Å². The van der Waals surface area contributed by atoms with E-state index in [9.17, 15) is 4.79 Å². The molecule has 0 spiro atoms. The molecule has 0 aromatic heterocycles. The average Bonchev–Trinajstić information content (AvgIpc) is 2.91. The molecule has 1 unspecified atom stereocenters. The molecule has 0 saturated heterocycles. The van der Waals surface area contributed by atoms with Crippen LogP contribution >= 0.6 is 0 Å². The summed E-state index contributed by atoms with van der Waals surface area (Å²) in [6, 6.07) is 18.9. The van der Waals surface area contributed by atoms with Crippen LogP contribution in [0.25, 0.3) is 0 Å². The Morgan fingerprint density at radius 1 is 1.00 bits per heavy atom. The van der Waals surface area contributed by atoms with Gasteiger partial charge in [-0.3, -0.25) is 4.79 Å². The number of nitrogens with zero attached hydrogens (tertiary/aromatic N) is 1. The van der Waals surface area contributed by atoms with Crippen molar-refractivity contribution >= 4 is 5.91 Å². The van der Waals surface area contributed by atoms with Crippen molar-refractivity contribution in [3.05, 3.63) is 107 Å². The summed E-state index contributed by atoms with van der Waals surface area (Å²) in [6.07, 6.45) is 10.4. The maximum atomic E-state index is 13.3. The van der Waals surface area contributed by atoms with Crippen molar-refractivity contribution in [1.29, 1.82) is 5.26 Å². The van der Waals surface area contributed by atoms with Crippen LogP contribution in [0.15, 0.2) is 90.4 Å². The first-order valence-electron chi connectivity index (χ1n) is 12.3. The van der Waals surface area contributed by atoms with E-state index >= 15 is 0 Å². The number of nitriles is 1.